The lowest BCUT2D eigenvalue weighted by atomic mass is 10.1. The minimum Gasteiger partial charge on any atom is -0.503 e. The molecule has 148 valence electrons. The van der Waals surface area contributed by atoms with E-state index < -0.39 is 27.2 Å². The second-order valence-corrected chi connectivity index (χ2v) is 9.36. The fraction of sp³-hybridized carbons (Fsp3) is 0.316. The highest BCUT2D eigenvalue weighted by Crippen LogP contribution is 2.30. The van der Waals surface area contributed by atoms with Crippen LogP contribution in [0.4, 0.5) is 14.5 Å². The minimum absolute atomic E-state index is 0.000571. The van der Waals surface area contributed by atoms with E-state index in [0.717, 1.165) is 11.8 Å². The van der Waals surface area contributed by atoms with Gasteiger partial charge in [-0.2, -0.15) is 0 Å². The summed E-state index contributed by atoms with van der Waals surface area (Å²) in [5.41, 5.74) is 1.66. The van der Waals surface area contributed by atoms with E-state index >= 15 is 0 Å². The summed E-state index contributed by atoms with van der Waals surface area (Å²) in [4.78, 5) is 6.12. The van der Waals surface area contributed by atoms with Crippen molar-refractivity contribution in [3.63, 3.8) is 0 Å². The van der Waals surface area contributed by atoms with E-state index in [0.29, 0.717) is 31.6 Å². The van der Waals surface area contributed by atoms with Crippen LogP contribution >= 0.6 is 0 Å². The second-order valence-electron chi connectivity index (χ2n) is 7.04. The quantitative estimate of drug-likeness (QED) is 0.722. The van der Waals surface area contributed by atoms with Crippen molar-refractivity contribution >= 4 is 26.6 Å². The van der Waals surface area contributed by atoms with Gasteiger partial charge in [0.15, 0.2) is 17.4 Å². The molecule has 4 rings (SSSR count). The summed E-state index contributed by atoms with van der Waals surface area (Å²) in [6.45, 7) is 1.29. The van der Waals surface area contributed by atoms with E-state index in [1.54, 1.807) is 12.1 Å². The zero-order chi connectivity index (χ0) is 20.1. The number of hydrogen-bond acceptors (Lipinski definition) is 5. The Hall–Kier alpha value is -2.68. The molecular formula is C19H19F2N3O3S. The maximum absolute atomic E-state index is 14.3. The van der Waals surface area contributed by atoms with Gasteiger partial charge in [0.05, 0.1) is 10.8 Å². The first-order valence-corrected chi connectivity index (χ1v) is 10.8. The van der Waals surface area contributed by atoms with Crippen LogP contribution in [0, 0.1) is 11.6 Å². The van der Waals surface area contributed by atoms with Gasteiger partial charge < -0.3 is 10.0 Å². The summed E-state index contributed by atoms with van der Waals surface area (Å²) >= 11 is 0. The largest absolute Gasteiger partial charge is 0.503 e. The average Bonchev–Trinajstić information content (AvgIpc) is 3.09. The van der Waals surface area contributed by atoms with Crippen LogP contribution in [0.15, 0.2) is 36.7 Å². The van der Waals surface area contributed by atoms with Crippen LogP contribution in [0.5, 0.6) is 5.75 Å². The van der Waals surface area contributed by atoms with Crippen molar-refractivity contribution in [2.24, 2.45) is 0 Å². The van der Waals surface area contributed by atoms with Gasteiger partial charge in [0.25, 0.3) is 0 Å². The lowest BCUT2D eigenvalue weighted by Crippen LogP contribution is -2.39. The number of piperidine rings is 1. The fourth-order valence-corrected chi connectivity index (χ4v) is 4.72. The van der Waals surface area contributed by atoms with Crippen molar-refractivity contribution < 1.29 is 22.3 Å². The van der Waals surface area contributed by atoms with Crippen molar-refractivity contribution in [3.8, 4) is 11.4 Å². The molecule has 3 aromatic rings. The number of benzene rings is 2. The number of phenols is 1. The third-order valence-corrected chi connectivity index (χ3v) is 6.92. The van der Waals surface area contributed by atoms with Crippen LogP contribution in [0.1, 0.15) is 12.8 Å². The maximum Gasteiger partial charge on any atom is 0.194 e. The highest BCUT2D eigenvalue weighted by molar-refractivity contribution is 7.91. The van der Waals surface area contributed by atoms with Crippen molar-refractivity contribution in [1.82, 2.24) is 9.55 Å². The number of nitrogens with zero attached hydrogens (tertiary/aromatic N) is 3. The summed E-state index contributed by atoms with van der Waals surface area (Å²) in [7, 11) is -3.02. The topological polar surface area (TPSA) is 75.4 Å². The molecule has 1 fully saturated rings. The standard InChI is InChI=1S/C19H19F2N3O3S/c1-28(26,27)14-6-8-23(9-7-14)12-2-4-13(5-3-12)24-11-22-16-10-15(20)19(25)17(21)18(16)24/h2-5,10-11,14,25H,6-9H2,1H3. The fourth-order valence-electron chi connectivity index (χ4n) is 3.65. The molecule has 0 unspecified atom stereocenters. The molecule has 9 heteroatoms. The average molecular weight is 407 g/mol. The van der Waals surface area contributed by atoms with Gasteiger partial charge in [-0.1, -0.05) is 0 Å². The number of fused-ring (bicyclic) bond motifs is 1. The van der Waals surface area contributed by atoms with Gasteiger partial charge in [0.1, 0.15) is 21.7 Å². The SMILES string of the molecule is CS(=O)(=O)C1CCN(c2ccc(-n3cnc4cc(F)c(O)c(F)c43)cc2)CC1. The van der Waals surface area contributed by atoms with Crippen LogP contribution in [-0.4, -0.2) is 47.7 Å². The highest BCUT2D eigenvalue weighted by Gasteiger charge is 2.26. The first kappa shape index (κ1) is 18.7. The van der Waals surface area contributed by atoms with Crippen LogP contribution < -0.4 is 4.90 Å². The molecule has 1 N–H and O–H groups in total. The van der Waals surface area contributed by atoms with E-state index in [1.165, 1.54) is 17.2 Å². The van der Waals surface area contributed by atoms with Gasteiger partial charge in [-0.15, -0.1) is 0 Å². The molecule has 0 aliphatic carbocycles. The predicted octanol–water partition coefficient (Wildman–Crippen LogP) is 3.02. The Bertz CT molecular complexity index is 1140. The Morgan fingerprint density at radius 1 is 1.11 bits per heavy atom. The Labute approximate surface area is 161 Å². The molecule has 0 amide bonds. The molecule has 1 aromatic heterocycles. The molecule has 0 spiro atoms. The number of anilines is 1. The van der Waals surface area contributed by atoms with E-state index in [1.807, 2.05) is 12.1 Å². The monoisotopic (exact) mass is 407 g/mol. The number of phenolic OH excluding ortho intramolecular Hbond substituents is 1. The van der Waals surface area contributed by atoms with E-state index in [4.69, 9.17) is 0 Å². The number of aromatic hydroxyl groups is 1. The normalized spacial score (nSPS) is 16.0. The predicted molar refractivity (Wildman–Crippen MR) is 103 cm³/mol. The molecule has 1 saturated heterocycles. The second kappa shape index (κ2) is 6.73. The number of hydrogen-bond donors (Lipinski definition) is 1. The maximum atomic E-state index is 14.3. The van der Waals surface area contributed by atoms with E-state index in [-0.39, 0.29) is 16.3 Å². The van der Waals surface area contributed by atoms with Gasteiger partial charge in [0, 0.05) is 36.8 Å². The Balaban J connectivity index is 1.60. The first-order chi connectivity index (χ1) is 13.3. The Kier molecular flexibility index (Phi) is 4.49. The number of aromatic nitrogens is 2. The van der Waals surface area contributed by atoms with E-state index in [2.05, 4.69) is 9.88 Å². The van der Waals surface area contributed by atoms with E-state index in [9.17, 15) is 22.3 Å². The third kappa shape index (κ3) is 3.19. The molecule has 0 saturated carbocycles. The van der Waals surface area contributed by atoms with Crippen molar-refractivity contribution in [3.05, 3.63) is 48.3 Å². The van der Waals surface area contributed by atoms with Crippen LogP contribution in [0.3, 0.4) is 0 Å². The van der Waals surface area contributed by atoms with Crippen LogP contribution in [0.25, 0.3) is 16.7 Å². The summed E-state index contributed by atoms with van der Waals surface area (Å²) in [6, 6.07) is 8.27. The zero-order valence-corrected chi connectivity index (χ0v) is 16.0. The molecule has 28 heavy (non-hydrogen) atoms. The summed E-state index contributed by atoms with van der Waals surface area (Å²) in [5.74, 6) is -3.14. The smallest absolute Gasteiger partial charge is 0.194 e. The lowest BCUT2D eigenvalue weighted by molar-refractivity contribution is 0.399. The van der Waals surface area contributed by atoms with Gasteiger partial charge >= 0.3 is 0 Å². The van der Waals surface area contributed by atoms with Crippen molar-refractivity contribution in [2.75, 3.05) is 24.2 Å². The molecule has 6 nitrogen and oxygen atoms in total. The zero-order valence-electron chi connectivity index (χ0n) is 15.1. The van der Waals surface area contributed by atoms with Gasteiger partial charge in [-0.05, 0) is 37.1 Å². The highest BCUT2D eigenvalue weighted by atomic mass is 32.2. The lowest BCUT2D eigenvalue weighted by Gasteiger charge is -2.32. The summed E-state index contributed by atoms with van der Waals surface area (Å²) in [6.07, 6.45) is 3.82. The summed E-state index contributed by atoms with van der Waals surface area (Å²) < 4.78 is 52.7. The van der Waals surface area contributed by atoms with Gasteiger partial charge in [-0.25, -0.2) is 22.2 Å². The molecule has 0 bridgehead atoms. The number of rotatable bonds is 3. The van der Waals surface area contributed by atoms with Gasteiger partial charge in [-0.3, -0.25) is 4.57 Å². The first-order valence-electron chi connectivity index (χ1n) is 8.84. The van der Waals surface area contributed by atoms with Crippen LogP contribution in [0.2, 0.25) is 0 Å². The Morgan fingerprint density at radius 2 is 1.71 bits per heavy atom. The Morgan fingerprint density at radius 3 is 2.32 bits per heavy atom. The molecule has 2 heterocycles. The van der Waals surface area contributed by atoms with Gasteiger partial charge in [0.2, 0.25) is 0 Å². The number of halogens is 2. The molecular weight excluding hydrogens is 388 g/mol. The number of imidazole rings is 1. The molecule has 1 aliphatic heterocycles. The van der Waals surface area contributed by atoms with Crippen molar-refractivity contribution in [1.29, 1.82) is 0 Å². The van der Waals surface area contributed by atoms with Crippen LogP contribution in [-0.2, 0) is 9.84 Å². The number of sulfone groups is 1. The van der Waals surface area contributed by atoms with Crippen molar-refractivity contribution in [2.45, 2.75) is 18.1 Å². The minimum atomic E-state index is -3.02. The molecule has 0 atom stereocenters. The third-order valence-electron chi connectivity index (χ3n) is 5.24. The molecule has 0 radical (unpaired) electrons. The molecule has 1 aliphatic rings. The summed E-state index contributed by atoms with van der Waals surface area (Å²) in [5, 5.41) is 9.25. The molecule has 2 aromatic carbocycles.